The maximum atomic E-state index is 14.1. The summed E-state index contributed by atoms with van der Waals surface area (Å²) in [5.74, 6) is -3.63. The van der Waals surface area contributed by atoms with Gasteiger partial charge in [0.2, 0.25) is 0 Å². The van der Waals surface area contributed by atoms with Crippen LogP contribution in [0.4, 0.5) is 27.6 Å². The van der Waals surface area contributed by atoms with Crippen LogP contribution in [0.1, 0.15) is 43.4 Å². The van der Waals surface area contributed by atoms with Crippen molar-refractivity contribution in [3.05, 3.63) is 122 Å². The number of carbonyl (C=O) groups is 2. The fraction of sp³-hybridized carbons (Fsp3) is 0.107. The van der Waals surface area contributed by atoms with Gasteiger partial charge in [-0.15, -0.1) is 0 Å². The SMILES string of the molecule is Cn1ccc(-c2cc(NC(=O)c3cc(F)cc(C(F)(F)F)c3)c3c(c2)C(=O)N[C@@H]3c2cc(F)ccc2Cl)cc1=O. The van der Waals surface area contributed by atoms with Crippen molar-refractivity contribution in [3.63, 3.8) is 0 Å². The molecule has 0 bridgehead atoms. The van der Waals surface area contributed by atoms with Crippen molar-refractivity contribution in [3.8, 4) is 11.1 Å². The second-order valence-electron chi connectivity index (χ2n) is 9.10. The molecule has 0 aliphatic carbocycles. The van der Waals surface area contributed by atoms with E-state index in [-0.39, 0.29) is 39.0 Å². The number of alkyl halides is 3. The molecule has 2 amide bonds. The fourth-order valence-corrected chi connectivity index (χ4v) is 4.71. The third-order valence-corrected chi connectivity index (χ3v) is 6.78. The van der Waals surface area contributed by atoms with Gasteiger partial charge >= 0.3 is 6.18 Å². The first-order chi connectivity index (χ1) is 18.8. The van der Waals surface area contributed by atoms with Crippen LogP contribution in [-0.2, 0) is 13.2 Å². The van der Waals surface area contributed by atoms with E-state index in [1.165, 1.54) is 42.1 Å². The molecule has 2 N–H and O–H groups in total. The van der Waals surface area contributed by atoms with Crippen molar-refractivity contribution in [2.75, 3.05) is 5.32 Å². The molecular formula is C28H17ClF5N3O3. The third kappa shape index (κ3) is 5.07. The van der Waals surface area contributed by atoms with E-state index in [9.17, 15) is 36.3 Å². The quantitative estimate of drug-likeness (QED) is 0.290. The van der Waals surface area contributed by atoms with Gasteiger partial charge in [0.25, 0.3) is 17.4 Å². The Morgan fingerprint density at radius 1 is 0.950 bits per heavy atom. The van der Waals surface area contributed by atoms with Crippen LogP contribution < -0.4 is 16.2 Å². The highest BCUT2D eigenvalue weighted by molar-refractivity contribution is 6.31. The summed E-state index contributed by atoms with van der Waals surface area (Å²) >= 11 is 6.29. The van der Waals surface area contributed by atoms with Crippen molar-refractivity contribution in [2.45, 2.75) is 12.2 Å². The molecule has 0 fully saturated rings. The molecule has 2 heterocycles. The summed E-state index contributed by atoms with van der Waals surface area (Å²) in [6.45, 7) is 0. The number of benzene rings is 3. The zero-order valence-electron chi connectivity index (χ0n) is 20.4. The molecule has 5 rings (SSSR count). The van der Waals surface area contributed by atoms with Crippen LogP contribution in [-0.4, -0.2) is 16.4 Å². The van der Waals surface area contributed by atoms with E-state index >= 15 is 0 Å². The number of nitrogens with zero attached hydrogens (tertiary/aromatic N) is 1. The standard InChI is InChI=1S/C28H17ClF5N3O3/c1-37-5-4-13(10-23(37)38)14-8-20-24(25(36-27(20)40)19-12-17(30)2-3-21(19)29)22(9-14)35-26(39)15-6-16(28(32,33)34)11-18(31)7-15/h2-12,25H,1H3,(H,35,39)(H,36,40)/t25-/m1/s1. The molecule has 0 saturated heterocycles. The number of halogens is 6. The summed E-state index contributed by atoms with van der Waals surface area (Å²) < 4.78 is 69.3. The summed E-state index contributed by atoms with van der Waals surface area (Å²) in [6, 6.07) is 9.61. The molecule has 204 valence electrons. The Morgan fingerprint density at radius 3 is 2.40 bits per heavy atom. The number of hydrogen-bond donors (Lipinski definition) is 2. The summed E-state index contributed by atoms with van der Waals surface area (Å²) in [5.41, 5.74) is -1.32. The van der Waals surface area contributed by atoms with Crippen LogP contribution in [0, 0.1) is 11.6 Å². The molecule has 0 radical (unpaired) electrons. The Kier molecular flexibility index (Phi) is 6.70. The van der Waals surface area contributed by atoms with Crippen molar-refractivity contribution in [1.82, 2.24) is 9.88 Å². The number of aryl methyl sites for hydroxylation is 1. The number of hydrogen-bond acceptors (Lipinski definition) is 3. The number of carbonyl (C=O) groups excluding carboxylic acids is 2. The lowest BCUT2D eigenvalue weighted by molar-refractivity contribution is -0.137. The Labute approximate surface area is 228 Å². The monoisotopic (exact) mass is 573 g/mol. The summed E-state index contributed by atoms with van der Waals surface area (Å²) in [6.07, 6.45) is -3.42. The van der Waals surface area contributed by atoms with Crippen LogP contribution in [0.2, 0.25) is 5.02 Å². The topological polar surface area (TPSA) is 80.2 Å². The number of anilines is 1. The van der Waals surface area contributed by atoms with Gasteiger partial charge in [-0.3, -0.25) is 14.4 Å². The number of nitrogens with one attached hydrogen (secondary N) is 2. The lowest BCUT2D eigenvalue weighted by Crippen LogP contribution is -2.21. The Balaban J connectivity index is 1.68. The van der Waals surface area contributed by atoms with Crippen LogP contribution in [0.3, 0.4) is 0 Å². The third-order valence-electron chi connectivity index (χ3n) is 6.43. The van der Waals surface area contributed by atoms with E-state index in [4.69, 9.17) is 11.6 Å². The number of amides is 2. The molecule has 0 unspecified atom stereocenters. The van der Waals surface area contributed by atoms with Gasteiger partial charge in [0.1, 0.15) is 11.6 Å². The molecule has 1 aliphatic rings. The van der Waals surface area contributed by atoms with Crippen LogP contribution in [0.25, 0.3) is 11.1 Å². The number of pyridine rings is 1. The minimum Gasteiger partial charge on any atom is -0.341 e. The molecule has 1 atom stereocenters. The van der Waals surface area contributed by atoms with E-state index in [0.29, 0.717) is 23.3 Å². The molecule has 0 spiro atoms. The normalized spacial score (nSPS) is 14.6. The van der Waals surface area contributed by atoms with Gasteiger partial charge in [-0.05, 0) is 65.7 Å². The average Bonchev–Trinajstić information content (AvgIpc) is 3.22. The summed E-state index contributed by atoms with van der Waals surface area (Å²) in [7, 11) is 1.54. The maximum Gasteiger partial charge on any atom is 0.416 e. The Bertz CT molecular complexity index is 1770. The second kappa shape index (κ2) is 9.91. The minimum atomic E-state index is -4.91. The molecule has 3 aromatic carbocycles. The predicted molar refractivity (Wildman–Crippen MR) is 137 cm³/mol. The number of rotatable bonds is 4. The van der Waals surface area contributed by atoms with Crippen LogP contribution >= 0.6 is 11.6 Å². The zero-order valence-corrected chi connectivity index (χ0v) is 21.1. The minimum absolute atomic E-state index is 0.0420. The zero-order chi connectivity index (χ0) is 28.9. The highest BCUT2D eigenvalue weighted by atomic mass is 35.5. The van der Waals surface area contributed by atoms with E-state index in [2.05, 4.69) is 10.6 Å². The lowest BCUT2D eigenvalue weighted by Gasteiger charge is -2.19. The Morgan fingerprint density at radius 2 is 1.70 bits per heavy atom. The van der Waals surface area contributed by atoms with Gasteiger partial charge in [-0.1, -0.05) is 11.6 Å². The van der Waals surface area contributed by atoms with Gasteiger partial charge in [0.15, 0.2) is 0 Å². The fourth-order valence-electron chi connectivity index (χ4n) is 4.48. The van der Waals surface area contributed by atoms with E-state index in [1.54, 1.807) is 6.07 Å². The van der Waals surface area contributed by atoms with Gasteiger partial charge in [-0.2, -0.15) is 13.2 Å². The van der Waals surface area contributed by atoms with Gasteiger partial charge in [0, 0.05) is 52.3 Å². The molecular weight excluding hydrogens is 557 g/mol. The predicted octanol–water partition coefficient (Wildman–Crippen LogP) is 6.09. The molecule has 1 aliphatic heterocycles. The maximum absolute atomic E-state index is 14.1. The number of aromatic nitrogens is 1. The molecule has 0 saturated carbocycles. The first kappa shape index (κ1) is 27.1. The van der Waals surface area contributed by atoms with Gasteiger partial charge in [0.05, 0.1) is 11.6 Å². The van der Waals surface area contributed by atoms with Crippen molar-refractivity contribution in [1.29, 1.82) is 0 Å². The first-order valence-electron chi connectivity index (χ1n) is 11.6. The van der Waals surface area contributed by atoms with Crippen molar-refractivity contribution in [2.24, 2.45) is 7.05 Å². The van der Waals surface area contributed by atoms with Crippen molar-refractivity contribution >= 4 is 29.1 Å². The lowest BCUT2D eigenvalue weighted by atomic mass is 9.92. The largest absolute Gasteiger partial charge is 0.416 e. The molecule has 1 aromatic heterocycles. The molecule has 4 aromatic rings. The Hall–Kier alpha value is -4.51. The first-order valence-corrected chi connectivity index (χ1v) is 12.0. The summed E-state index contributed by atoms with van der Waals surface area (Å²) in [4.78, 5) is 38.5. The highest BCUT2D eigenvalue weighted by Gasteiger charge is 2.36. The molecule has 40 heavy (non-hydrogen) atoms. The van der Waals surface area contributed by atoms with Crippen molar-refractivity contribution < 1.29 is 31.5 Å². The van der Waals surface area contributed by atoms with E-state index in [0.717, 1.165) is 12.1 Å². The molecule has 6 nitrogen and oxygen atoms in total. The smallest absolute Gasteiger partial charge is 0.341 e. The average molecular weight is 574 g/mol. The van der Waals surface area contributed by atoms with E-state index < -0.39 is 46.8 Å². The van der Waals surface area contributed by atoms with Crippen LogP contribution in [0.5, 0.6) is 0 Å². The van der Waals surface area contributed by atoms with Gasteiger partial charge < -0.3 is 15.2 Å². The van der Waals surface area contributed by atoms with E-state index in [1.807, 2.05) is 0 Å². The van der Waals surface area contributed by atoms with Crippen LogP contribution in [0.15, 0.2) is 71.7 Å². The molecule has 12 heteroatoms. The number of fused-ring (bicyclic) bond motifs is 1. The summed E-state index contributed by atoms with van der Waals surface area (Å²) in [5, 5.41) is 5.25. The highest BCUT2D eigenvalue weighted by Crippen LogP contribution is 2.42. The van der Waals surface area contributed by atoms with Gasteiger partial charge in [-0.25, -0.2) is 8.78 Å². The second-order valence-corrected chi connectivity index (χ2v) is 9.51.